The van der Waals surface area contributed by atoms with Gasteiger partial charge in [-0.15, -0.1) is 11.3 Å². The number of carbonyl (C=O) groups excluding carboxylic acids is 1. The molecule has 0 aliphatic rings. The molecule has 0 atom stereocenters. The molecule has 0 N–H and O–H groups in total. The number of ketones is 1. The van der Waals surface area contributed by atoms with E-state index in [4.69, 9.17) is 20.5 Å². The van der Waals surface area contributed by atoms with Gasteiger partial charge >= 0.3 is 0 Å². The van der Waals surface area contributed by atoms with E-state index in [-0.39, 0.29) is 10.8 Å². The molecule has 0 aliphatic heterocycles. The molecule has 2 aromatic rings. The summed E-state index contributed by atoms with van der Waals surface area (Å²) in [5, 5.41) is 2.69. The Morgan fingerprint density at radius 2 is 1.56 bits per heavy atom. The van der Waals surface area contributed by atoms with Gasteiger partial charge in [-0.3, -0.25) is 4.79 Å². The number of hydrogen-bond acceptors (Lipinski definition) is 4. The smallest absolute Gasteiger partial charge is 0.200 e. The molecule has 1 aromatic heterocycles. The van der Waals surface area contributed by atoms with Crippen molar-refractivity contribution in [3.8, 4) is 0 Å². The number of thiophene rings is 1. The van der Waals surface area contributed by atoms with Gasteiger partial charge in [0.05, 0.1) is 6.61 Å². The predicted octanol–water partition coefficient (Wildman–Crippen LogP) is 9.89. The van der Waals surface area contributed by atoms with Crippen LogP contribution in [0.25, 0.3) is 0 Å². The van der Waals surface area contributed by atoms with Crippen LogP contribution in [-0.2, 0) is 21.9 Å². The zero-order valence-corrected chi connectivity index (χ0v) is 27.8. The highest BCUT2D eigenvalue weighted by Crippen LogP contribution is 2.43. The molecule has 202 valence electrons. The van der Waals surface area contributed by atoms with E-state index < -0.39 is 16.6 Å². The van der Waals surface area contributed by atoms with Gasteiger partial charge in [0.1, 0.15) is 0 Å². The Labute approximate surface area is 231 Å². The Balaban J connectivity index is 2.20. The number of rotatable bonds is 12. The minimum Gasteiger partial charge on any atom is -0.416 e. The first-order valence-electron chi connectivity index (χ1n) is 13.2. The van der Waals surface area contributed by atoms with Crippen LogP contribution < -0.4 is 0 Å². The van der Waals surface area contributed by atoms with Crippen molar-refractivity contribution in [1.29, 1.82) is 0 Å². The van der Waals surface area contributed by atoms with Gasteiger partial charge in [-0.2, -0.15) is 0 Å². The van der Waals surface area contributed by atoms with Crippen LogP contribution in [0, 0.1) is 0 Å². The zero-order chi connectivity index (χ0) is 27.5. The van der Waals surface area contributed by atoms with E-state index in [1.165, 1.54) is 0 Å². The fourth-order valence-corrected chi connectivity index (χ4v) is 12.5. The van der Waals surface area contributed by atoms with Gasteiger partial charge in [0.2, 0.25) is 8.32 Å². The first kappa shape index (κ1) is 31.5. The largest absolute Gasteiger partial charge is 0.416 e. The Morgan fingerprint density at radius 3 is 2.08 bits per heavy atom. The molecule has 0 spiro atoms. The van der Waals surface area contributed by atoms with Crippen LogP contribution in [0.4, 0.5) is 0 Å². The number of carbonyl (C=O) groups is 1. The zero-order valence-electron chi connectivity index (χ0n) is 24.3. The van der Waals surface area contributed by atoms with Crippen molar-refractivity contribution in [3.63, 3.8) is 0 Å². The topological polar surface area (TPSA) is 35.5 Å². The summed E-state index contributed by atoms with van der Waals surface area (Å²) in [6.45, 7) is 26.2. The van der Waals surface area contributed by atoms with E-state index in [0.29, 0.717) is 52.4 Å². The van der Waals surface area contributed by atoms with Crippen LogP contribution in [0.5, 0.6) is 0 Å². The average Bonchev–Trinajstić information content (AvgIpc) is 3.22. The highest BCUT2D eigenvalue weighted by Gasteiger charge is 2.45. The predicted molar refractivity (Wildman–Crippen MR) is 162 cm³/mol. The molecule has 3 nitrogen and oxygen atoms in total. The van der Waals surface area contributed by atoms with Gasteiger partial charge in [-0.25, -0.2) is 0 Å². The summed E-state index contributed by atoms with van der Waals surface area (Å²) in [5.74, 6) is 0.0161. The van der Waals surface area contributed by atoms with Crippen LogP contribution in [0.2, 0.25) is 39.8 Å². The standard InChI is InChI=1S/C29H47ClO3SSi2/c1-20(2)36(21(3)4,22(5)6)33-18-26-16-24(19-34-26)28(31)27-17-25(30)13-12-23(27)14-15-32-35(10,11)29(7,8)9/h12-13,16-17,19-22H,14-15,18H2,1-11H3. The number of benzene rings is 1. The summed E-state index contributed by atoms with van der Waals surface area (Å²) in [7, 11) is -3.80. The fourth-order valence-electron chi connectivity index (χ4n) is 5.04. The maximum absolute atomic E-state index is 13.6. The van der Waals surface area contributed by atoms with Crippen molar-refractivity contribution in [2.24, 2.45) is 0 Å². The molecule has 0 fully saturated rings. The van der Waals surface area contributed by atoms with Crippen LogP contribution in [-0.4, -0.2) is 29.0 Å². The lowest BCUT2D eigenvalue weighted by Gasteiger charge is -2.42. The molecular formula is C29H47ClO3SSi2. The minimum atomic E-state index is -1.96. The van der Waals surface area contributed by atoms with Gasteiger partial charge < -0.3 is 8.85 Å². The van der Waals surface area contributed by atoms with Crippen LogP contribution in [0.15, 0.2) is 29.6 Å². The Bertz CT molecular complexity index is 1000. The number of hydrogen-bond donors (Lipinski definition) is 0. The second kappa shape index (κ2) is 12.4. The Hall–Kier alpha value is -0.766. The molecule has 0 saturated carbocycles. The second-order valence-electron chi connectivity index (χ2n) is 12.4. The molecule has 7 heteroatoms. The molecular weight excluding hydrogens is 520 g/mol. The molecule has 0 bridgehead atoms. The Kier molecular flexibility index (Phi) is 10.8. The summed E-state index contributed by atoms with van der Waals surface area (Å²) >= 11 is 7.93. The maximum Gasteiger partial charge on any atom is 0.200 e. The monoisotopic (exact) mass is 566 g/mol. The van der Waals surface area contributed by atoms with Crippen molar-refractivity contribution in [2.45, 2.75) is 110 Å². The molecule has 1 heterocycles. The normalized spacial score (nSPS) is 13.3. The number of halogens is 1. The van der Waals surface area contributed by atoms with E-state index in [1.54, 1.807) is 17.4 Å². The lowest BCUT2D eigenvalue weighted by molar-refractivity contribution is 0.103. The van der Waals surface area contributed by atoms with Crippen molar-refractivity contribution in [2.75, 3.05) is 6.61 Å². The van der Waals surface area contributed by atoms with E-state index in [0.717, 1.165) is 10.4 Å². The van der Waals surface area contributed by atoms with Crippen LogP contribution in [0.1, 0.15) is 88.7 Å². The molecule has 2 rings (SSSR count). The second-order valence-corrected chi connectivity index (χ2v) is 24.1. The molecule has 0 aliphatic carbocycles. The van der Waals surface area contributed by atoms with Crippen molar-refractivity contribution in [1.82, 2.24) is 0 Å². The third kappa shape index (κ3) is 7.20. The molecule has 36 heavy (non-hydrogen) atoms. The SMILES string of the molecule is CC(C)[Si](OCc1cc(C(=O)c2cc(Cl)ccc2CCO[Si](C)(C)C(C)(C)C)cs1)(C(C)C)C(C)C. The van der Waals surface area contributed by atoms with Gasteiger partial charge in [-0.05, 0) is 64.9 Å². The summed E-state index contributed by atoms with van der Waals surface area (Å²) in [4.78, 5) is 14.7. The Morgan fingerprint density at radius 1 is 0.972 bits per heavy atom. The fraction of sp³-hybridized carbons (Fsp3) is 0.621. The minimum absolute atomic E-state index is 0.0161. The van der Waals surface area contributed by atoms with Crippen molar-refractivity contribution < 1.29 is 13.6 Å². The highest BCUT2D eigenvalue weighted by atomic mass is 35.5. The summed E-state index contributed by atoms with van der Waals surface area (Å²) < 4.78 is 13.1. The molecule has 0 unspecified atom stereocenters. The third-order valence-corrected chi connectivity index (χ3v) is 19.8. The van der Waals surface area contributed by atoms with Crippen LogP contribution >= 0.6 is 22.9 Å². The first-order chi connectivity index (χ1) is 16.5. The summed E-state index contributed by atoms with van der Waals surface area (Å²) in [6, 6.07) is 7.63. The molecule has 1 aromatic carbocycles. The van der Waals surface area contributed by atoms with E-state index >= 15 is 0 Å². The van der Waals surface area contributed by atoms with Crippen LogP contribution in [0.3, 0.4) is 0 Å². The first-order valence-corrected chi connectivity index (χ1v) is 19.5. The van der Waals surface area contributed by atoms with Gasteiger partial charge in [0, 0.05) is 33.0 Å². The summed E-state index contributed by atoms with van der Waals surface area (Å²) in [5.41, 5.74) is 3.95. The lowest BCUT2D eigenvalue weighted by Crippen LogP contribution is -2.47. The van der Waals surface area contributed by atoms with Gasteiger partial charge in [-0.1, -0.05) is 80.0 Å². The maximum atomic E-state index is 13.6. The van der Waals surface area contributed by atoms with E-state index in [1.807, 2.05) is 23.6 Å². The van der Waals surface area contributed by atoms with Gasteiger partial charge in [0.15, 0.2) is 14.1 Å². The van der Waals surface area contributed by atoms with E-state index in [9.17, 15) is 4.79 Å². The average molecular weight is 567 g/mol. The third-order valence-electron chi connectivity index (χ3n) is 8.04. The van der Waals surface area contributed by atoms with E-state index in [2.05, 4.69) is 75.4 Å². The van der Waals surface area contributed by atoms with Gasteiger partial charge in [0.25, 0.3) is 0 Å². The van der Waals surface area contributed by atoms with Crippen molar-refractivity contribution >= 4 is 45.4 Å². The summed E-state index contributed by atoms with van der Waals surface area (Å²) in [6.07, 6.45) is 0.691. The highest BCUT2D eigenvalue weighted by molar-refractivity contribution is 7.10. The molecule has 0 radical (unpaired) electrons. The quantitative estimate of drug-likeness (QED) is 0.189. The lowest BCUT2D eigenvalue weighted by atomic mass is 9.98. The molecule has 0 amide bonds. The van der Waals surface area contributed by atoms with Crippen molar-refractivity contribution in [3.05, 3.63) is 56.2 Å². The molecule has 0 saturated heterocycles.